The van der Waals surface area contributed by atoms with Gasteiger partial charge in [0.2, 0.25) is 0 Å². The Morgan fingerprint density at radius 1 is 1.32 bits per heavy atom. The minimum Gasteiger partial charge on any atom is -0.497 e. The first-order valence-electron chi connectivity index (χ1n) is 8.73. The van der Waals surface area contributed by atoms with Gasteiger partial charge in [-0.3, -0.25) is 4.99 Å². The first-order valence-corrected chi connectivity index (χ1v) is 9.54. The van der Waals surface area contributed by atoms with E-state index in [4.69, 9.17) is 9.47 Å². The van der Waals surface area contributed by atoms with Crippen molar-refractivity contribution in [3.8, 4) is 5.75 Å². The highest BCUT2D eigenvalue weighted by molar-refractivity contribution is 14.0. The number of nitrogens with one attached hydrogen (secondary N) is 2. The first-order chi connectivity index (χ1) is 13.0. The number of thiazole rings is 1. The molecule has 0 spiro atoms. The molecule has 28 heavy (non-hydrogen) atoms. The van der Waals surface area contributed by atoms with Crippen LogP contribution in [-0.2, 0) is 11.3 Å². The Labute approximate surface area is 187 Å². The molecule has 1 unspecified atom stereocenters. The number of esters is 1. The van der Waals surface area contributed by atoms with E-state index in [2.05, 4.69) is 20.6 Å². The lowest BCUT2D eigenvalue weighted by Gasteiger charge is -2.16. The Morgan fingerprint density at radius 2 is 2.00 bits per heavy atom. The van der Waals surface area contributed by atoms with E-state index in [0.29, 0.717) is 29.7 Å². The van der Waals surface area contributed by atoms with Crippen molar-refractivity contribution in [3.05, 3.63) is 45.4 Å². The van der Waals surface area contributed by atoms with Crippen LogP contribution in [0.1, 0.15) is 45.8 Å². The third-order valence-corrected chi connectivity index (χ3v) is 5.16. The standard InChI is InChI=1S/C19H26N4O3S.HI/c1-6-26-18(24)16-12(2)22-17(27-16)13(3)23-19(20-4)21-11-14-7-9-15(25-5)10-8-14;/h7-10,13H,6,11H2,1-5H3,(H2,20,21,23);1H. The number of nitrogens with zero attached hydrogens (tertiary/aromatic N) is 2. The number of halogens is 1. The van der Waals surface area contributed by atoms with Crippen molar-refractivity contribution in [1.82, 2.24) is 15.6 Å². The van der Waals surface area contributed by atoms with Crippen LogP contribution in [-0.4, -0.2) is 37.7 Å². The molecular formula is C19H27IN4O3S. The molecule has 1 heterocycles. The molecule has 154 valence electrons. The molecule has 7 nitrogen and oxygen atoms in total. The van der Waals surface area contributed by atoms with Gasteiger partial charge in [0, 0.05) is 13.6 Å². The fraction of sp³-hybridized carbons (Fsp3) is 0.421. The van der Waals surface area contributed by atoms with Crippen LogP contribution in [0.25, 0.3) is 0 Å². The minimum atomic E-state index is -0.326. The number of methoxy groups -OCH3 is 1. The summed E-state index contributed by atoms with van der Waals surface area (Å²) in [6, 6.07) is 7.74. The third kappa shape index (κ3) is 6.62. The van der Waals surface area contributed by atoms with Gasteiger partial charge in [0.25, 0.3) is 0 Å². The van der Waals surface area contributed by atoms with Gasteiger partial charge < -0.3 is 20.1 Å². The summed E-state index contributed by atoms with van der Waals surface area (Å²) in [4.78, 5) is 21.3. The topological polar surface area (TPSA) is 84.8 Å². The number of aliphatic imine (C=N–C) groups is 1. The molecule has 0 fully saturated rings. The number of rotatable bonds is 7. The lowest BCUT2D eigenvalue weighted by Crippen LogP contribution is -2.38. The van der Waals surface area contributed by atoms with Crippen LogP contribution in [0.2, 0.25) is 0 Å². The lowest BCUT2D eigenvalue weighted by atomic mass is 10.2. The molecule has 1 aromatic heterocycles. The Morgan fingerprint density at radius 3 is 2.57 bits per heavy atom. The molecule has 0 amide bonds. The second-order valence-electron chi connectivity index (χ2n) is 5.83. The Hall–Kier alpha value is -1.88. The summed E-state index contributed by atoms with van der Waals surface area (Å²) < 4.78 is 10.2. The zero-order chi connectivity index (χ0) is 19.8. The van der Waals surface area contributed by atoms with Crippen LogP contribution < -0.4 is 15.4 Å². The highest BCUT2D eigenvalue weighted by Gasteiger charge is 2.20. The van der Waals surface area contributed by atoms with Gasteiger partial charge in [0.1, 0.15) is 15.6 Å². The van der Waals surface area contributed by atoms with Crippen LogP contribution in [0.4, 0.5) is 0 Å². The van der Waals surface area contributed by atoms with Gasteiger partial charge in [0.15, 0.2) is 5.96 Å². The summed E-state index contributed by atoms with van der Waals surface area (Å²) in [6.45, 7) is 6.56. The van der Waals surface area contributed by atoms with Crippen molar-refractivity contribution in [3.63, 3.8) is 0 Å². The Kier molecular flexibility index (Phi) is 10.2. The molecule has 1 aromatic carbocycles. The number of aromatic nitrogens is 1. The maximum absolute atomic E-state index is 12.0. The molecule has 0 saturated heterocycles. The van der Waals surface area contributed by atoms with Gasteiger partial charge in [-0.1, -0.05) is 12.1 Å². The predicted octanol–water partition coefficient (Wildman–Crippen LogP) is 3.68. The van der Waals surface area contributed by atoms with Crippen LogP contribution in [0.3, 0.4) is 0 Å². The van der Waals surface area contributed by atoms with E-state index in [0.717, 1.165) is 16.3 Å². The van der Waals surface area contributed by atoms with Gasteiger partial charge in [-0.2, -0.15) is 0 Å². The average molecular weight is 518 g/mol. The van der Waals surface area contributed by atoms with Gasteiger partial charge in [0.05, 0.1) is 25.5 Å². The highest BCUT2D eigenvalue weighted by Crippen LogP contribution is 2.24. The summed E-state index contributed by atoms with van der Waals surface area (Å²) in [7, 11) is 3.36. The van der Waals surface area contributed by atoms with Crippen molar-refractivity contribution in [1.29, 1.82) is 0 Å². The number of carbonyl (C=O) groups is 1. The van der Waals surface area contributed by atoms with E-state index < -0.39 is 0 Å². The zero-order valence-electron chi connectivity index (χ0n) is 16.7. The van der Waals surface area contributed by atoms with Gasteiger partial charge >= 0.3 is 5.97 Å². The summed E-state index contributed by atoms with van der Waals surface area (Å²) in [5, 5.41) is 7.38. The first kappa shape index (κ1) is 24.2. The van der Waals surface area contributed by atoms with Crippen LogP contribution in [0.15, 0.2) is 29.3 Å². The van der Waals surface area contributed by atoms with Gasteiger partial charge in [-0.25, -0.2) is 9.78 Å². The minimum absolute atomic E-state index is 0. The van der Waals surface area contributed by atoms with Crippen LogP contribution in [0, 0.1) is 6.92 Å². The number of aryl methyl sites for hydroxylation is 1. The van der Waals surface area contributed by atoms with Crippen molar-refractivity contribution in [2.45, 2.75) is 33.4 Å². The molecule has 0 aliphatic heterocycles. The van der Waals surface area contributed by atoms with Crippen LogP contribution in [0.5, 0.6) is 5.75 Å². The quantitative estimate of drug-likeness (QED) is 0.252. The van der Waals surface area contributed by atoms with Gasteiger partial charge in [-0.05, 0) is 38.5 Å². The lowest BCUT2D eigenvalue weighted by molar-refractivity contribution is 0.0531. The summed E-state index contributed by atoms with van der Waals surface area (Å²) in [5.41, 5.74) is 1.80. The van der Waals surface area contributed by atoms with Gasteiger partial charge in [-0.15, -0.1) is 35.3 Å². The SMILES string of the molecule is CCOC(=O)c1sc(C(C)NC(=NC)NCc2ccc(OC)cc2)nc1C.I. The fourth-order valence-electron chi connectivity index (χ4n) is 2.38. The number of benzene rings is 1. The second kappa shape index (κ2) is 11.8. The monoisotopic (exact) mass is 518 g/mol. The number of hydrogen-bond donors (Lipinski definition) is 2. The molecule has 2 aromatic rings. The van der Waals surface area contributed by atoms with E-state index in [-0.39, 0.29) is 36.0 Å². The van der Waals surface area contributed by atoms with Crippen molar-refractivity contribution in [2.75, 3.05) is 20.8 Å². The number of ether oxygens (including phenoxy) is 2. The molecule has 0 aliphatic rings. The summed E-state index contributed by atoms with van der Waals surface area (Å²) >= 11 is 1.34. The maximum atomic E-state index is 12.0. The van der Waals surface area contributed by atoms with E-state index in [1.807, 2.05) is 38.1 Å². The number of hydrogen-bond acceptors (Lipinski definition) is 6. The molecule has 2 rings (SSSR count). The normalized spacial score (nSPS) is 12.0. The largest absolute Gasteiger partial charge is 0.497 e. The molecule has 0 radical (unpaired) electrons. The predicted molar refractivity (Wildman–Crippen MR) is 123 cm³/mol. The molecule has 9 heteroatoms. The van der Waals surface area contributed by atoms with E-state index in [1.54, 1.807) is 21.1 Å². The number of carbonyl (C=O) groups excluding carboxylic acids is 1. The number of guanidine groups is 1. The highest BCUT2D eigenvalue weighted by atomic mass is 127. The molecule has 0 bridgehead atoms. The molecular weight excluding hydrogens is 491 g/mol. The summed E-state index contributed by atoms with van der Waals surface area (Å²) in [6.07, 6.45) is 0. The van der Waals surface area contributed by atoms with Crippen molar-refractivity contribution < 1.29 is 14.3 Å². The average Bonchev–Trinajstić information content (AvgIpc) is 3.07. The zero-order valence-corrected chi connectivity index (χ0v) is 19.9. The van der Waals surface area contributed by atoms with E-state index in [9.17, 15) is 4.79 Å². The smallest absolute Gasteiger partial charge is 0.350 e. The molecule has 2 N–H and O–H groups in total. The van der Waals surface area contributed by atoms with Crippen molar-refractivity contribution >= 4 is 47.2 Å². The Bertz CT molecular complexity index is 793. The molecule has 1 atom stereocenters. The maximum Gasteiger partial charge on any atom is 0.350 e. The third-order valence-electron chi connectivity index (χ3n) is 3.84. The van der Waals surface area contributed by atoms with E-state index in [1.165, 1.54) is 11.3 Å². The Balaban J connectivity index is 0.00000392. The second-order valence-corrected chi connectivity index (χ2v) is 6.86. The summed E-state index contributed by atoms with van der Waals surface area (Å²) in [5.74, 6) is 1.16. The van der Waals surface area contributed by atoms with Crippen molar-refractivity contribution in [2.24, 2.45) is 4.99 Å². The van der Waals surface area contributed by atoms with Crippen LogP contribution >= 0.6 is 35.3 Å². The fourth-order valence-corrected chi connectivity index (χ4v) is 3.34. The molecule has 0 saturated carbocycles. The molecule has 0 aliphatic carbocycles. The van der Waals surface area contributed by atoms with E-state index >= 15 is 0 Å².